The van der Waals surface area contributed by atoms with Gasteiger partial charge in [-0.15, -0.1) is 0 Å². The molecule has 1 amide bonds. The van der Waals surface area contributed by atoms with Crippen LogP contribution in [0.4, 0.5) is 0 Å². The summed E-state index contributed by atoms with van der Waals surface area (Å²) in [5, 5.41) is 11.2. The van der Waals surface area contributed by atoms with E-state index in [2.05, 4.69) is 13.8 Å². The number of carbonyl (C=O) groups excluding carboxylic acids is 2. The number of nitrogens with zero attached hydrogens (tertiary/aromatic N) is 2. The smallest absolute Gasteiger partial charge is 0.295 e. The minimum absolute atomic E-state index is 0.129. The maximum absolute atomic E-state index is 13.1. The van der Waals surface area contributed by atoms with Crippen molar-refractivity contribution in [1.29, 1.82) is 0 Å². The molecule has 3 rings (SSSR count). The predicted molar refractivity (Wildman–Crippen MR) is 130 cm³/mol. The fourth-order valence-electron chi connectivity index (χ4n) is 3.89. The Hall–Kier alpha value is -3.12. The molecule has 0 radical (unpaired) electrons. The van der Waals surface area contributed by atoms with Crippen LogP contribution in [0.2, 0.25) is 0 Å². The van der Waals surface area contributed by atoms with Crippen molar-refractivity contribution in [2.75, 3.05) is 33.8 Å². The molecule has 176 valence electrons. The lowest BCUT2D eigenvalue weighted by Gasteiger charge is -2.26. The summed E-state index contributed by atoms with van der Waals surface area (Å²) in [4.78, 5) is 29.7. The maximum Gasteiger partial charge on any atom is 0.295 e. The molecule has 1 atom stereocenters. The molecule has 2 aromatic carbocycles. The lowest BCUT2D eigenvalue weighted by Crippen LogP contribution is -2.32. The number of aryl methyl sites for hydroxylation is 1. The van der Waals surface area contributed by atoms with Gasteiger partial charge in [0.1, 0.15) is 11.5 Å². The molecule has 1 fully saturated rings. The molecule has 0 saturated carbocycles. The maximum atomic E-state index is 13.1. The van der Waals surface area contributed by atoms with E-state index in [1.807, 2.05) is 50.2 Å². The highest BCUT2D eigenvalue weighted by Gasteiger charge is 2.45. The first-order valence-corrected chi connectivity index (χ1v) is 11.4. The SMILES string of the molecule is Cc1ccc([C@@H]2/C(=C(\O)c3ccc(OCC(C)C)cc3)C(=O)C(=O)N2CCCN(C)C)cc1. The van der Waals surface area contributed by atoms with Crippen molar-refractivity contribution in [3.63, 3.8) is 0 Å². The highest BCUT2D eigenvalue weighted by atomic mass is 16.5. The van der Waals surface area contributed by atoms with Crippen LogP contribution < -0.4 is 4.74 Å². The minimum atomic E-state index is -0.650. The molecule has 6 nitrogen and oxygen atoms in total. The van der Waals surface area contributed by atoms with Crippen LogP contribution in [0.5, 0.6) is 5.75 Å². The van der Waals surface area contributed by atoms with E-state index < -0.39 is 17.7 Å². The second kappa shape index (κ2) is 10.7. The summed E-state index contributed by atoms with van der Waals surface area (Å²) in [6.45, 7) is 7.95. The van der Waals surface area contributed by atoms with Crippen molar-refractivity contribution in [3.05, 3.63) is 70.8 Å². The average molecular weight is 451 g/mol. The molecule has 1 N–H and O–H groups in total. The molecule has 33 heavy (non-hydrogen) atoms. The molecule has 6 heteroatoms. The van der Waals surface area contributed by atoms with Crippen LogP contribution in [0.15, 0.2) is 54.1 Å². The summed E-state index contributed by atoms with van der Waals surface area (Å²) in [7, 11) is 3.94. The molecular weight excluding hydrogens is 416 g/mol. The van der Waals surface area contributed by atoms with Gasteiger partial charge in [0.2, 0.25) is 0 Å². The monoisotopic (exact) mass is 450 g/mol. The number of hydrogen-bond donors (Lipinski definition) is 1. The van der Waals surface area contributed by atoms with Gasteiger partial charge in [0.05, 0.1) is 18.2 Å². The molecule has 1 aliphatic heterocycles. The molecule has 0 bridgehead atoms. The number of likely N-dealkylation sites (tertiary alicyclic amines) is 1. The number of Topliss-reactive ketones (excluding diaryl/α,β-unsaturated/α-hetero) is 1. The second-order valence-corrected chi connectivity index (χ2v) is 9.29. The van der Waals surface area contributed by atoms with Crippen LogP contribution in [-0.4, -0.2) is 60.4 Å². The first kappa shape index (κ1) is 24.5. The Morgan fingerprint density at radius 2 is 1.70 bits per heavy atom. The van der Waals surface area contributed by atoms with Gasteiger partial charge in [-0.2, -0.15) is 0 Å². The zero-order valence-electron chi connectivity index (χ0n) is 20.2. The zero-order chi connectivity index (χ0) is 24.1. The number of carbonyl (C=O) groups is 2. The molecular formula is C27H34N2O4. The summed E-state index contributed by atoms with van der Waals surface area (Å²) in [5.74, 6) is -0.291. The number of ether oxygens (including phenoxy) is 1. The Morgan fingerprint density at radius 3 is 2.27 bits per heavy atom. The quantitative estimate of drug-likeness (QED) is 0.348. The van der Waals surface area contributed by atoms with Crippen LogP contribution in [0.1, 0.15) is 43.0 Å². The molecule has 0 aromatic heterocycles. The summed E-state index contributed by atoms with van der Waals surface area (Å²) in [6.07, 6.45) is 0.726. The Morgan fingerprint density at radius 1 is 1.06 bits per heavy atom. The summed E-state index contributed by atoms with van der Waals surface area (Å²) in [5.41, 5.74) is 2.50. The Balaban J connectivity index is 1.99. The van der Waals surface area contributed by atoms with Crippen LogP contribution in [0.25, 0.3) is 5.76 Å². The van der Waals surface area contributed by atoms with Gasteiger partial charge in [-0.05, 0) is 69.7 Å². The Bertz CT molecular complexity index is 1010. The number of hydrogen-bond acceptors (Lipinski definition) is 5. The van der Waals surface area contributed by atoms with Gasteiger partial charge in [0, 0.05) is 12.1 Å². The van der Waals surface area contributed by atoms with Crippen molar-refractivity contribution in [1.82, 2.24) is 9.80 Å². The number of aliphatic hydroxyl groups is 1. The van der Waals surface area contributed by atoms with Crippen molar-refractivity contribution in [3.8, 4) is 5.75 Å². The average Bonchev–Trinajstić information content (AvgIpc) is 3.03. The Kier molecular flexibility index (Phi) is 7.92. The van der Waals surface area contributed by atoms with E-state index in [9.17, 15) is 14.7 Å². The first-order valence-electron chi connectivity index (χ1n) is 11.4. The van der Waals surface area contributed by atoms with Crippen LogP contribution in [-0.2, 0) is 9.59 Å². The van der Waals surface area contributed by atoms with Crippen molar-refractivity contribution in [2.45, 2.75) is 33.2 Å². The number of rotatable bonds is 9. The number of aliphatic hydroxyl groups excluding tert-OH is 1. The number of amides is 1. The van der Waals surface area contributed by atoms with Gasteiger partial charge in [0.25, 0.3) is 11.7 Å². The van der Waals surface area contributed by atoms with E-state index in [4.69, 9.17) is 4.74 Å². The topological polar surface area (TPSA) is 70.1 Å². The third kappa shape index (κ3) is 5.82. The second-order valence-electron chi connectivity index (χ2n) is 9.29. The molecule has 0 spiro atoms. The number of benzene rings is 2. The van der Waals surface area contributed by atoms with Crippen LogP contribution >= 0.6 is 0 Å². The zero-order valence-corrected chi connectivity index (χ0v) is 20.2. The summed E-state index contributed by atoms with van der Waals surface area (Å²) < 4.78 is 5.72. The van der Waals surface area contributed by atoms with E-state index >= 15 is 0 Å². The molecule has 0 unspecified atom stereocenters. The first-order chi connectivity index (χ1) is 15.7. The van der Waals surface area contributed by atoms with Crippen molar-refractivity contribution in [2.24, 2.45) is 5.92 Å². The largest absolute Gasteiger partial charge is 0.507 e. The third-order valence-electron chi connectivity index (χ3n) is 5.65. The van der Waals surface area contributed by atoms with E-state index in [0.29, 0.717) is 30.4 Å². The normalized spacial score (nSPS) is 17.9. The fraction of sp³-hybridized carbons (Fsp3) is 0.407. The van der Waals surface area contributed by atoms with E-state index in [1.54, 1.807) is 29.2 Å². The van der Waals surface area contributed by atoms with Gasteiger partial charge >= 0.3 is 0 Å². The Labute approximate surface area is 196 Å². The van der Waals surface area contributed by atoms with Gasteiger partial charge in [-0.1, -0.05) is 43.7 Å². The molecule has 1 aliphatic rings. The van der Waals surface area contributed by atoms with Gasteiger partial charge in [-0.3, -0.25) is 9.59 Å². The summed E-state index contributed by atoms with van der Waals surface area (Å²) in [6, 6.07) is 14.1. The van der Waals surface area contributed by atoms with Crippen molar-refractivity contribution >= 4 is 17.4 Å². The lowest BCUT2D eigenvalue weighted by atomic mass is 9.94. The van der Waals surface area contributed by atoms with Gasteiger partial charge < -0.3 is 19.6 Å². The summed E-state index contributed by atoms with van der Waals surface area (Å²) >= 11 is 0. The van der Waals surface area contributed by atoms with E-state index in [0.717, 1.165) is 24.1 Å². The molecule has 1 saturated heterocycles. The van der Waals surface area contributed by atoms with E-state index in [1.165, 1.54) is 0 Å². The van der Waals surface area contributed by atoms with Crippen LogP contribution in [0, 0.1) is 12.8 Å². The molecule has 0 aliphatic carbocycles. The van der Waals surface area contributed by atoms with Gasteiger partial charge in [-0.25, -0.2) is 0 Å². The highest BCUT2D eigenvalue weighted by molar-refractivity contribution is 6.46. The molecule has 2 aromatic rings. The molecule has 1 heterocycles. The van der Waals surface area contributed by atoms with Crippen LogP contribution in [0.3, 0.4) is 0 Å². The number of ketones is 1. The third-order valence-corrected chi connectivity index (χ3v) is 5.65. The minimum Gasteiger partial charge on any atom is -0.507 e. The highest BCUT2D eigenvalue weighted by Crippen LogP contribution is 2.39. The lowest BCUT2D eigenvalue weighted by molar-refractivity contribution is -0.139. The fourth-order valence-corrected chi connectivity index (χ4v) is 3.89. The standard InChI is InChI=1S/C27H34N2O4/c1-18(2)17-33-22-13-11-21(12-14-22)25(30)23-24(20-9-7-19(3)8-10-20)29(27(32)26(23)31)16-6-15-28(4)5/h7-14,18,24,30H,6,15-17H2,1-5H3/b25-23+/t24-/m1/s1. The van der Waals surface area contributed by atoms with E-state index in [-0.39, 0.29) is 11.3 Å². The van der Waals surface area contributed by atoms with Crippen molar-refractivity contribution < 1.29 is 19.4 Å². The predicted octanol–water partition coefficient (Wildman–Crippen LogP) is 4.40. The van der Waals surface area contributed by atoms with Gasteiger partial charge in [0.15, 0.2) is 0 Å².